The number of nitrogens with one attached hydrogen (secondary N) is 1. The highest BCUT2D eigenvalue weighted by molar-refractivity contribution is 5.89. The molecule has 0 aromatic carbocycles. The fraction of sp³-hybridized carbons (Fsp3) is 0.833. The molecular weight excluding hydrogens is 218 g/mol. The Morgan fingerprint density at radius 2 is 1.94 bits per heavy atom. The number of piperidine rings is 1. The number of nitrogens with zero attached hydrogens (tertiary/aromatic N) is 1. The van der Waals surface area contributed by atoms with Gasteiger partial charge in [0.05, 0.1) is 5.54 Å². The van der Waals surface area contributed by atoms with E-state index >= 15 is 0 Å². The van der Waals surface area contributed by atoms with Gasteiger partial charge >= 0.3 is 0 Å². The Morgan fingerprint density at radius 3 is 2.41 bits per heavy atom. The van der Waals surface area contributed by atoms with E-state index in [0.717, 1.165) is 45.3 Å². The van der Waals surface area contributed by atoms with Gasteiger partial charge in [0.2, 0.25) is 11.8 Å². The summed E-state index contributed by atoms with van der Waals surface area (Å²) in [7, 11) is 0. The largest absolute Gasteiger partial charge is 0.356 e. The van der Waals surface area contributed by atoms with E-state index in [2.05, 4.69) is 5.32 Å². The highest BCUT2D eigenvalue weighted by atomic mass is 16.2. The standard InChI is InChI=1S/C12H21N3O2/c1-9(16)14-8-10-2-6-15(7-3-10)11(17)12(13)4-5-12/h10H,2-8,13H2,1H3,(H,14,16). The second-order valence-electron chi connectivity index (χ2n) is 5.33. The van der Waals surface area contributed by atoms with Gasteiger partial charge in [0.25, 0.3) is 0 Å². The molecule has 0 radical (unpaired) electrons. The number of nitrogens with two attached hydrogens (primary N) is 1. The number of rotatable bonds is 3. The van der Waals surface area contributed by atoms with Crippen molar-refractivity contribution in [2.24, 2.45) is 11.7 Å². The van der Waals surface area contributed by atoms with Crippen LogP contribution in [0.4, 0.5) is 0 Å². The summed E-state index contributed by atoms with van der Waals surface area (Å²) in [5.74, 6) is 0.633. The molecule has 1 aliphatic carbocycles. The maximum Gasteiger partial charge on any atom is 0.242 e. The normalized spacial score (nSPS) is 23.3. The van der Waals surface area contributed by atoms with E-state index in [1.165, 1.54) is 6.92 Å². The van der Waals surface area contributed by atoms with E-state index in [4.69, 9.17) is 5.73 Å². The zero-order chi connectivity index (χ0) is 12.5. The van der Waals surface area contributed by atoms with E-state index in [-0.39, 0.29) is 11.8 Å². The third-order valence-corrected chi connectivity index (χ3v) is 3.76. The van der Waals surface area contributed by atoms with Crippen molar-refractivity contribution < 1.29 is 9.59 Å². The third kappa shape index (κ3) is 2.97. The molecule has 1 heterocycles. The van der Waals surface area contributed by atoms with Gasteiger partial charge in [-0.1, -0.05) is 0 Å². The van der Waals surface area contributed by atoms with E-state index in [0.29, 0.717) is 5.92 Å². The maximum atomic E-state index is 12.0. The first kappa shape index (κ1) is 12.4. The predicted molar refractivity (Wildman–Crippen MR) is 64.1 cm³/mol. The molecule has 1 aliphatic heterocycles. The van der Waals surface area contributed by atoms with Crippen LogP contribution in [-0.2, 0) is 9.59 Å². The van der Waals surface area contributed by atoms with Gasteiger partial charge in [-0.15, -0.1) is 0 Å². The fourth-order valence-corrected chi connectivity index (χ4v) is 2.29. The molecule has 1 saturated carbocycles. The van der Waals surface area contributed by atoms with Crippen molar-refractivity contribution in [1.82, 2.24) is 10.2 Å². The van der Waals surface area contributed by atoms with Crippen LogP contribution in [-0.4, -0.2) is 41.9 Å². The molecule has 3 N–H and O–H groups in total. The van der Waals surface area contributed by atoms with Crippen LogP contribution in [0.2, 0.25) is 0 Å². The molecule has 0 aromatic rings. The molecule has 2 fully saturated rings. The minimum Gasteiger partial charge on any atom is -0.356 e. The van der Waals surface area contributed by atoms with E-state index in [9.17, 15) is 9.59 Å². The monoisotopic (exact) mass is 239 g/mol. The summed E-state index contributed by atoms with van der Waals surface area (Å²) >= 11 is 0. The fourth-order valence-electron chi connectivity index (χ4n) is 2.29. The smallest absolute Gasteiger partial charge is 0.242 e. The number of likely N-dealkylation sites (tertiary alicyclic amines) is 1. The van der Waals surface area contributed by atoms with Crippen LogP contribution in [0, 0.1) is 5.92 Å². The van der Waals surface area contributed by atoms with Crippen molar-refractivity contribution in [3.05, 3.63) is 0 Å². The summed E-state index contributed by atoms with van der Waals surface area (Å²) < 4.78 is 0. The van der Waals surface area contributed by atoms with Gasteiger partial charge in [-0.05, 0) is 31.6 Å². The first-order chi connectivity index (χ1) is 8.01. The lowest BCUT2D eigenvalue weighted by Crippen LogP contribution is -2.49. The zero-order valence-electron chi connectivity index (χ0n) is 10.4. The van der Waals surface area contributed by atoms with Crippen LogP contribution in [0.15, 0.2) is 0 Å². The molecule has 0 atom stereocenters. The van der Waals surface area contributed by atoms with Crippen LogP contribution in [0.1, 0.15) is 32.6 Å². The molecule has 1 saturated heterocycles. The molecule has 2 amide bonds. The minimum atomic E-state index is -0.537. The Balaban J connectivity index is 1.74. The van der Waals surface area contributed by atoms with Crippen LogP contribution >= 0.6 is 0 Å². The summed E-state index contributed by atoms with van der Waals surface area (Å²) in [6, 6.07) is 0. The molecule has 0 bridgehead atoms. The minimum absolute atomic E-state index is 0.0161. The van der Waals surface area contributed by atoms with E-state index in [1.54, 1.807) is 0 Å². The van der Waals surface area contributed by atoms with Crippen molar-refractivity contribution >= 4 is 11.8 Å². The summed E-state index contributed by atoms with van der Waals surface area (Å²) in [6.45, 7) is 3.82. The molecule has 2 rings (SSSR count). The van der Waals surface area contributed by atoms with Gasteiger partial charge in [0.15, 0.2) is 0 Å². The third-order valence-electron chi connectivity index (χ3n) is 3.76. The first-order valence-electron chi connectivity index (χ1n) is 6.34. The van der Waals surface area contributed by atoms with Gasteiger partial charge in [0.1, 0.15) is 0 Å². The van der Waals surface area contributed by atoms with Crippen LogP contribution in [0.25, 0.3) is 0 Å². The number of carbonyl (C=O) groups is 2. The van der Waals surface area contributed by atoms with Crippen molar-refractivity contribution in [2.75, 3.05) is 19.6 Å². The van der Waals surface area contributed by atoms with Crippen LogP contribution in [0.5, 0.6) is 0 Å². The van der Waals surface area contributed by atoms with Gasteiger partial charge in [-0.25, -0.2) is 0 Å². The van der Waals surface area contributed by atoms with Crippen molar-refractivity contribution in [2.45, 2.75) is 38.1 Å². The van der Waals surface area contributed by atoms with Gasteiger partial charge in [-0.2, -0.15) is 0 Å². The maximum absolute atomic E-state index is 12.0. The summed E-state index contributed by atoms with van der Waals surface area (Å²) in [4.78, 5) is 24.7. The molecule has 96 valence electrons. The molecule has 0 spiro atoms. The Kier molecular flexibility index (Phi) is 3.38. The average Bonchev–Trinajstić information content (AvgIpc) is 3.06. The zero-order valence-corrected chi connectivity index (χ0v) is 10.4. The van der Waals surface area contributed by atoms with E-state index < -0.39 is 5.54 Å². The second kappa shape index (κ2) is 4.64. The molecule has 2 aliphatic rings. The van der Waals surface area contributed by atoms with Gasteiger partial charge in [-0.3, -0.25) is 9.59 Å². The average molecular weight is 239 g/mol. The predicted octanol–water partition coefficient (Wildman–Crippen LogP) is -0.148. The van der Waals surface area contributed by atoms with Crippen molar-refractivity contribution in [3.63, 3.8) is 0 Å². The highest BCUT2D eigenvalue weighted by Gasteiger charge is 2.48. The second-order valence-corrected chi connectivity index (χ2v) is 5.33. The molecule has 5 nitrogen and oxygen atoms in total. The molecule has 5 heteroatoms. The highest BCUT2D eigenvalue weighted by Crippen LogP contribution is 2.35. The quantitative estimate of drug-likeness (QED) is 0.719. The first-order valence-corrected chi connectivity index (χ1v) is 6.34. The van der Waals surface area contributed by atoms with Gasteiger partial charge in [0, 0.05) is 26.6 Å². The van der Waals surface area contributed by atoms with Crippen LogP contribution in [0.3, 0.4) is 0 Å². The molecular formula is C12H21N3O2. The Hall–Kier alpha value is -1.10. The number of amides is 2. The lowest BCUT2D eigenvalue weighted by Gasteiger charge is -2.33. The topological polar surface area (TPSA) is 75.4 Å². The number of hydrogen-bond donors (Lipinski definition) is 2. The summed E-state index contributed by atoms with van der Waals surface area (Å²) in [5.41, 5.74) is 5.37. The Bertz CT molecular complexity index is 318. The molecule has 0 aromatic heterocycles. The molecule has 0 unspecified atom stereocenters. The lowest BCUT2D eigenvalue weighted by molar-refractivity contribution is -0.135. The van der Waals surface area contributed by atoms with Crippen molar-refractivity contribution in [3.8, 4) is 0 Å². The van der Waals surface area contributed by atoms with Crippen LogP contribution < -0.4 is 11.1 Å². The van der Waals surface area contributed by atoms with Gasteiger partial charge < -0.3 is 16.0 Å². The lowest BCUT2D eigenvalue weighted by atomic mass is 9.96. The Morgan fingerprint density at radius 1 is 1.35 bits per heavy atom. The summed E-state index contributed by atoms with van der Waals surface area (Å²) in [6.07, 6.45) is 3.58. The van der Waals surface area contributed by atoms with Crippen molar-refractivity contribution in [1.29, 1.82) is 0 Å². The summed E-state index contributed by atoms with van der Waals surface area (Å²) in [5, 5.41) is 2.83. The SMILES string of the molecule is CC(=O)NCC1CCN(C(=O)C2(N)CC2)CC1. The van der Waals surface area contributed by atoms with E-state index in [1.807, 2.05) is 4.90 Å². The number of hydrogen-bond acceptors (Lipinski definition) is 3. The number of carbonyl (C=O) groups excluding carboxylic acids is 2. The molecule has 17 heavy (non-hydrogen) atoms. The Labute approximate surface area is 102 Å².